The van der Waals surface area contributed by atoms with Gasteiger partial charge in [0.05, 0.1) is 0 Å². The largest absolute Gasteiger partial charge is 0.520 e. The third-order valence-electron chi connectivity index (χ3n) is 2.11. The lowest BCUT2D eigenvalue weighted by molar-refractivity contribution is 0.243. The third-order valence-corrected chi connectivity index (χ3v) is 3.73. The van der Waals surface area contributed by atoms with Crippen LogP contribution in [-0.2, 0) is 4.43 Å². The van der Waals surface area contributed by atoms with E-state index in [-0.39, 0.29) is 5.82 Å². The van der Waals surface area contributed by atoms with Crippen molar-refractivity contribution in [2.24, 2.45) is 0 Å². The van der Waals surface area contributed by atoms with E-state index in [1.165, 1.54) is 12.1 Å². The van der Waals surface area contributed by atoms with Crippen LogP contribution in [0.1, 0.15) is 19.8 Å². The Labute approximate surface area is 97.6 Å². The molecule has 2 nitrogen and oxygen atoms in total. The lowest BCUT2D eigenvalue weighted by Gasteiger charge is -2.23. The Hall–Kier alpha value is -0.873. The number of unbranched alkanes of at least 4 members (excludes halogenated alkanes) is 1. The van der Waals surface area contributed by atoms with Gasteiger partial charge in [0.1, 0.15) is 11.6 Å². The number of hydrogen-bond acceptors (Lipinski definition) is 2. The fraction of sp³-hybridized carbons (Fsp3) is 0.500. The minimum absolute atomic E-state index is 0.282. The Morgan fingerprint density at radius 1 is 1.31 bits per heavy atom. The Balaban J connectivity index is 2.51. The molecule has 16 heavy (non-hydrogen) atoms. The van der Waals surface area contributed by atoms with E-state index >= 15 is 0 Å². The SMILES string of the molecule is CCCCO[Si](C)(C)Oc1cccc(F)c1. The second kappa shape index (κ2) is 6.01. The van der Waals surface area contributed by atoms with Crippen LogP contribution in [0.5, 0.6) is 5.75 Å². The maximum absolute atomic E-state index is 12.9. The topological polar surface area (TPSA) is 18.5 Å². The Morgan fingerprint density at radius 2 is 2.06 bits per heavy atom. The molecule has 1 aromatic carbocycles. The predicted octanol–water partition coefficient (Wildman–Crippen LogP) is 3.72. The van der Waals surface area contributed by atoms with Gasteiger partial charge in [0.2, 0.25) is 0 Å². The summed E-state index contributed by atoms with van der Waals surface area (Å²) < 4.78 is 24.4. The molecule has 4 heteroatoms. The van der Waals surface area contributed by atoms with Crippen molar-refractivity contribution < 1.29 is 13.2 Å². The summed E-state index contributed by atoms with van der Waals surface area (Å²) in [4.78, 5) is 0. The zero-order chi connectivity index (χ0) is 12.0. The summed E-state index contributed by atoms with van der Waals surface area (Å²) in [6.45, 7) is 6.76. The van der Waals surface area contributed by atoms with Crippen molar-refractivity contribution in [3.8, 4) is 5.75 Å². The van der Waals surface area contributed by atoms with Crippen molar-refractivity contribution >= 4 is 8.56 Å². The monoisotopic (exact) mass is 242 g/mol. The lowest BCUT2D eigenvalue weighted by atomic mass is 10.3. The Bertz CT molecular complexity index is 329. The highest BCUT2D eigenvalue weighted by Crippen LogP contribution is 2.18. The number of halogens is 1. The van der Waals surface area contributed by atoms with Crippen LogP contribution in [-0.4, -0.2) is 15.2 Å². The molecule has 0 N–H and O–H groups in total. The molecule has 90 valence electrons. The maximum atomic E-state index is 12.9. The number of hydrogen-bond donors (Lipinski definition) is 0. The van der Waals surface area contributed by atoms with Crippen molar-refractivity contribution in [3.05, 3.63) is 30.1 Å². The fourth-order valence-corrected chi connectivity index (χ4v) is 2.70. The summed E-state index contributed by atoms with van der Waals surface area (Å²) >= 11 is 0. The third kappa shape index (κ3) is 4.77. The van der Waals surface area contributed by atoms with Gasteiger partial charge in [0, 0.05) is 12.7 Å². The average Bonchev–Trinajstić information content (AvgIpc) is 2.17. The van der Waals surface area contributed by atoms with Crippen LogP contribution in [0.2, 0.25) is 13.1 Å². The van der Waals surface area contributed by atoms with Gasteiger partial charge < -0.3 is 8.85 Å². The van der Waals surface area contributed by atoms with Crippen molar-refractivity contribution in [3.63, 3.8) is 0 Å². The molecule has 0 saturated carbocycles. The molecular weight excluding hydrogens is 223 g/mol. The molecule has 0 spiro atoms. The summed E-state index contributed by atoms with van der Waals surface area (Å²) in [6, 6.07) is 6.18. The Kier molecular flexibility index (Phi) is 4.95. The average molecular weight is 242 g/mol. The van der Waals surface area contributed by atoms with E-state index < -0.39 is 8.56 Å². The van der Waals surface area contributed by atoms with Crippen LogP contribution in [0.15, 0.2) is 24.3 Å². The van der Waals surface area contributed by atoms with Crippen molar-refractivity contribution in [1.29, 1.82) is 0 Å². The first-order chi connectivity index (χ1) is 7.53. The van der Waals surface area contributed by atoms with Crippen LogP contribution in [0.3, 0.4) is 0 Å². The molecule has 1 rings (SSSR count). The number of rotatable bonds is 6. The molecule has 0 heterocycles. The Morgan fingerprint density at radius 3 is 2.69 bits per heavy atom. The van der Waals surface area contributed by atoms with E-state index in [1.54, 1.807) is 12.1 Å². The molecule has 0 aliphatic carbocycles. The van der Waals surface area contributed by atoms with Gasteiger partial charge in [-0.05, 0) is 31.6 Å². The smallest absolute Gasteiger partial charge is 0.392 e. The standard InChI is InChI=1S/C12H19FO2Si/c1-4-5-9-14-16(2,3)15-12-8-6-7-11(13)10-12/h6-8,10H,4-5,9H2,1-3H3. The molecular formula is C12H19FO2Si. The van der Waals surface area contributed by atoms with Crippen molar-refractivity contribution in [1.82, 2.24) is 0 Å². The minimum Gasteiger partial charge on any atom is -0.520 e. The molecule has 0 radical (unpaired) electrons. The summed E-state index contributed by atoms with van der Waals surface area (Å²) in [5.41, 5.74) is 0. The van der Waals surface area contributed by atoms with Gasteiger partial charge in [-0.15, -0.1) is 0 Å². The zero-order valence-corrected chi connectivity index (χ0v) is 11.1. The molecule has 0 atom stereocenters. The van der Waals surface area contributed by atoms with E-state index in [1.807, 2.05) is 13.1 Å². The van der Waals surface area contributed by atoms with Gasteiger partial charge >= 0.3 is 8.56 Å². The van der Waals surface area contributed by atoms with Gasteiger partial charge in [-0.2, -0.15) is 0 Å². The fourth-order valence-electron chi connectivity index (χ4n) is 1.31. The molecule has 0 amide bonds. The van der Waals surface area contributed by atoms with Gasteiger partial charge in [-0.1, -0.05) is 19.4 Å². The summed E-state index contributed by atoms with van der Waals surface area (Å²) in [6.07, 6.45) is 2.13. The quantitative estimate of drug-likeness (QED) is 0.559. The summed E-state index contributed by atoms with van der Waals surface area (Å²) in [5.74, 6) is 0.268. The molecule has 1 aromatic rings. The van der Waals surface area contributed by atoms with Crippen LogP contribution >= 0.6 is 0 Å². The van der Waals surface area contributed by atoms with E-state index in [0.717, 1.165) is 12.8 Å². The van der Waals surface area contributed by atoms with Gasteiger partial charge in [0.15, 0.2) is 0 Å². The first-order valence-corrected chi connectivity index (χ1v) is 8.44. The molecule has 0 bridgehead atoms. The molecule has 0 aliphatic rings. The molecule has 0 unspecified atom stereocenters. The second-order valence-electron chi connectivity index (χ2n) is 4.16. The normalized spacial score (nSPS) is 11.5. The lowest BCUT2D eigenvalue weighted by Crippen LogP contribution is -2.38. The molecule has 0 saturated heterocycles. The van der Waals surface area contributed by atoms with E-state index in [4.69, 9.17) is 8.85 Å². The summed E-state index contributed by atoms with van der Waals surface area (Å²) in [7, 11) is -2.17. The summed E-state index contributed by atoms with van der Waals surface area (Å²) in [5, 5.41) is 0. The van der Waals surface area contributed by atoms with Gasteiger partial charge in [-0.25, -0.2) is 4.39 Å². The van der Waals surface area contributed by atoms with E-state index in [2.05, 4.69) is 6.92 Å². The van der Waals surface area contributed by atoms with Crippen LogP contribution in [0, 0.1) is 5.82 Å². The van der Waals surface area contributed by atoms with E-state index in [9.17, 15) is 4.39 Å². The number of benzene rings is 1. The van der Waals surface area contributed by atoms with E-state index in [0.29, 0.717) is 12.4 Å². The van der Waals surface area contributed by atoms with Gasteiger partial charge in [0.25, 0.3) is 0 Å². The second-order valence-corrected chi connectivity index (χ2v) is 7.45. The minimum atomic E-state index is -2.17. The highest BCUT2D eigenvalue weighted by molar-refractivity contribution is 6.65. The van der Waals surface area contributed by atoms with Crippen molar-refractivity contribution in [2.45, 2.75) is 32.9 Å². The molecule has 0 fully saturated rings. The first kappa shape index (κ1) is 13.2. The predicted molar refractivity (Wildman–Crippen MR) is 65.4 cm³/mol. The maximum Gasteiger partial charge on any atom is 0.392 e. The highest BCUT2D eigenvalue weighted by Gasteiger charge is 2.26. The highest BCUT2D eigenvalue weighted by atomic mass is 28.4. The van der Waals surface area contributed by atoms with Crippen LogP contribution in [0.25, 0.3) is 0 Å². The van der Waals surface area contributed by atoms with Crippen molar-refractivity contribution in [2.75, 3.05) is 6.61 Å². The molecule has 0 aliphatic heterocycles. The first-order valence-electron chi connectivity index (χ1n) is 5.62. The zero-order valence-electron chi connectivity index (χ0n) is 10.1. The molecule has 0 aromatic heterocycles. The van der Waals surface area contributed by atoms with Crippen LogP contribution < -0.4 is 4.43 Å². The van der Waals surface area contributed by atoms with Crippen LogP contribution in [0.4, 0.5) is 4.39 Å². The van der Waals surface area contributed by atoms with Gasteiger partial charge in [-0.3, -0.25) is 0 Å².